The number of hydrogen-bond donors (Lipinski definition) is 1. The predicted octanol–water partition coefficient (Wildman–Crippen LogP) is 3.37. The van der Waals surface area contributed by atoms with Crippen LogP contribution in [0.3, 0.4) is 0 Å². The summed E-state index contributed by atoms with van der Waals surface area (Å²) in [5.74, 6) is -0.0902. The average molecular weight is 473 g/mol. The molecule has 34 heavy (non-hydrogen) atoms. The van der Waals surface area contributed by atoms with E-state index < -0.39 is 11.7 Å². The quantitative estimate of drug-likeness (QED) is 0.591. The number of halogens is 3. The highest BCUT2D eigenvalue weighted by Crippen LogP contribution is 2.42. The number of ether oxygens (including phenoxy) is 2. The number of hydrogen-bond acceptors (Lipinski definition) is 6. The lowest BCUT2D eigenvalue weighted by Crippen LogP contribution is -2.39. The predicted molar refractivity (Wildman–Crippen MR) is 114 cm³/mol. The number of alkyl halides is 3. The molecule has 1 unspecified atom stereocenters. The number of carbonyl (C=O) groups excluding carboxylic acids is 1. The van der Waals surface area contributed by atoms with Gasteiger partial charge in [0.15, 0.2) is 0 Å². The second-order valence-corrected chi connectivity index (χ2v) is 8.19. The van der Waals surface area contributed by atoms with Crippen LogP contribution < -0.4 is 5.32 Å². The molecule has 1 saturated carbocycles. The molecule has 1 saturated heterocycles. The molecule has 3 heterocycles. The van der Waals surface area contributed by atoms with E-state index in [1.807, 2.05) is 0 Å². The zero-order valence-electron chi connectivity index (χ0n) is 18.1. The van der Waals surface area contributed by atoms with E-state index in [2.05, 4.69) is 20.4 Å². The van der Waals surface area contributed by atoms with Gasteiger partial charge in [-0.25, -0.2) is 14.6 Å². The van der Waals surface area contributed by atoms with Gasteiger partial charge in [0.05, 0.1) is 54.6 Å². The molecular formula is C23H22F3N5O3. The smallest absolute Gasteiger partial charge is 0.376 e. The molecule has 2 fully saturated rings. The lowest BCUT2D eigenvalue weighted by atomic mass is 10.0. The highest BCUT2D eigenvalue weighted by atomic mass is 19.4. The zero-order chi connectivity index (χ0) is 23.7. The molecule has 1 aliphatic heterocycles. The highest BCUT2D eigenvalue weighted by molar-refractivity contribution is 5.95. The third kappa shape index (κ3) is 4.66. The van der Waals surface area contributed by atoms with Crippen LogP contribution in [0.1, 0.15) is 40.4 Å². The lowest BCUT2D eigenvalue weighted by molar-refractivity contribution is -0.137. The average Bonchev–Trinajstić information content (AvgIpc) is 3.60. The monoisotopic (exact) mass is 473 g/mol. The lowest BCUT2D eigenvalue weighted by Gasteiger charge is -2.23. The topological polar surface area (TPSA) is 91.2 Å². The number of nitrogens with one attached hydrogen (secondary N) is 1. The molecular weight excluding hydrogens is 451 g/mol. The van der Waals surface area contributed by atoms with Crippen LogP contribution in [0.15, 0.2) is 42.7 Å². The van der Waals surface area contributed by atoms with Crippen molar-refractivity contribution in [3.05, 3.63) is 59.5 Å². The Balaban J connectivity index is 1.44. The largest absolute Gasteiger partial charge is 0.417 e. The molecule has 0 radical (unpaired) electrons. The summed E-state index contributed by atoms with van der Waals surface area (Å²) < 4.78 is 52.9. The molecule has 0 bridgehead atoms. The number of nitrogens with zero attached hydrogens (tertiary/aromatic N) is 4. The van der Waals surface area contributed by atoms with E-state index in [0.29, 0.717) is 37.6 Å². The van der Waals surface area contributed by atoms with Crippen LogP contribution >= 0.6 is 0 Å². The first-order valence-corrected chi connectivity index (χ1v) is 11.0. The van der Waals surface area contributed by atoms with Crippen molar-refractivity contribution < 1.29 is 27.4 Å². The molecule has 8 nitrogen and oxygen atoms in total. The maximum Gasteiger partial charge on any atom is 0.417 e. The minimum atomic E-state index is -4.52. The summed E-state index contributed by atoms with van der Waals surface area (Å²) in [6.45, 7) is 1.73. The van der Waals surface area contributed by atoms with Crippen molar-refractivity contribution in [1.82, 2.24) is 25.1 Å². The third-order valence-corrected chi connectivity index (χ3v) is 5.73. The molecule has 1 aromatic carbocycles. The van der Waals surface area contributed by atoms with Gasteiger partial charge >= 0.3 is 6.18 Å². The van der Waals surface area contributed by atoms with Crippen molar-refractivity contribution in [1.29, 1.82) is 0 Å². The van der Waals surface area contributed by atoms with Crippen molar-refractivity contribution >= 4 is 5.91 Å². The van der Waals surface area contributed by atoms with Crippen molar-refractivity contribution in [3.63, 3.8) is 0 Å². The number of carbonyl (C=O) groups is 1. The Kier molecular flexibility index (Phi) is 6.05. The number of amides is 1. The molecule has 3 aromatic rings. The van der Waals surface area contributed by atoms with Crippen LogP contribution in [-0.2, 0) is 15.7 Å². The summed E-state index contributed by atoms with van der Waals surface area (Å²) in [6, 6.07) is 6.68. The number of rotatable bonds is 6. The van der Waals surface area contributed by atoms with E-state index >= 15 is 0 Å². The van der Waals surface area contributed by atoms with E-state index in [-0.39, 0.29) is 35.1 Å². The summed E-state index contributed by atoms with van der Waals surface area (Å²) in [5, 5.41) is 7.18. The Labute approximate surface area is 193 Å². The van der Waals surface area contributed by atoms with Crippen LogP contribution in [0.5, 0.6) is 0 Å². The van der Waals surface area contributed by atoms with Crippen molar-refractivity contribution in [2.75, 3.05) is 26.4 Å². The van der Waals surface area contributed by atoms with Crippen LogP contribution in [0.4, 0.5) is 13.2 Å². The molecule has 1 N–H and O–H groups in total. The zero-order valence-corrected chi connectivity index (χ0v) is 18.1. The minimum Gasteiger partial charge on any atom is -0.376 e. The summed E-state index contributed by atoms with van der Waals surface area (Å²) in [6.07, 6.45) is -0.148. The normalized spacial score (nSPS) is 18.6. The van der Waals surface area contributed by atoms with Crippen molar-refractivity contribution in [2.45, 2.75) is 31.0 Å². The van der Waals surface area contributed by atoms with Crippen LogP contribution in [0.2, 0.25) is 0 Å². The van der Waals surface area contributed by atoms with E-state index in [0.717, 1.165) is 18.9 Å². The van der Waals surface area contributed by atoms with Gasteiger partial charge in [-0.05, 0) is 25.0 Å². The molecule has 0 spiro atoms. The van der Waals surface area contributed by atoms with E-state index in [1.165, 1.54) is 41.3 Å². The van der Waals surface area contributed by atoms with Gasteiger partial charge < -0.3 is 14.8 Å². The van der Waals surface area contributed by atoms with Crippen LogP contribution in [-0.4, -0.2) is 58.1 Å². The first-order valence-electron chi connectivity index (χ1n) is 11.0. The summed E-state index contributed by atoms with van der Waals surface area (Å²) >= 11 is 0. The molecule has 1 amide bonds. The van der Waals surface area contributed by atoms with Crippen LogP contribution in [0.25, 0.3) is 17.2 Å². The third-order valence-electron chi connectivity index (χ3n) is 5.73. The molecule has 2 aromatic heterocycles. The fourth-order valence-corrected chi connectivity index (χ4v) is 3.95. The molecule has 1 atom stereocenters. The Morgan fingerprint density at radius 1 is 1.18 bits per heavy atom. The van der Waals surface area contributed by atoms with Gasteiger partial charge in [-0.2, -0.15) is 18.3 Å². The Morgan fingerprint density at radius 2 is 2.00 bits per heavy atom. The van der Waals surface area contributed by atoms with Crippen LogP contribution in [0, 0.1) is 0 Å². The van der Waals surface area contributed by atoms with Gasteiger partial charge in [-0.15, -0.1) is 0 Å². The molecule has 178 valence electrons. The van der Waals surface area contributed by atoms with Gasteiger partial charge in [0.2, 0.25) is 0 Å². The first kappa shape index (κ1) is 22.5. The molecule has 5 rings (SSSR count). The van der Waals surface area contributed by atoms with Gasteiger partial charge in [0.1, 0.15) is 0 Å². The van der Waals surface area contributed by atoms with Gasteiger partial charge in [0, 0.05) is 24.2 Å². The summed E-state index contributed by atoms with van der Waals surface area (Å²) in [4.78, 5) is 21.5. The maximum absolute atomic E-state index is 13.5. The van der Waals surface area contributed by atoms with E-state index in [1.54, 1.807) is 0 Å². The number of benzene rings is 1. The molecule has 2 aliphatic rings. The fourth-order valence-electron chi connectivity index (χ4n) is 3.95. The highest BCUT2D eigenvalue weighted by Gasteiger charge is 2.35. The van der Waals surface area contributed by atoms with Crippen molar-refractivity contribution in [3.8, 4) is 17.2 Å². The fraction of sp³-hybridized carbons (Fsp3) is 0.391. The Morgan fingerprint density at radius 3 is 2.74 bits per heavy atom. The van der Waals surface area contributed by atoms with Crippen molar-refractivity contribution in [2.24, 2.45) is 0 Å². The first-order chi connectivity index (χ1) is 16.4. The Bertz CT molecular complexity index is 1190. The minimum absolute atomic E-state index is 0.0496. The molecule has 11 heteroatoms. The van der Waals surface area contributed by atoms with Gasteiger partial charge in [-0.1, -0.05) is 18.2 Å². The van der Waals surface area contributed by atoms with E-state index in [9.17, 15) is 18.0 Å². The Hall–Kier alpha value is -3.31. The van der Waals surface area contributed by atoms with Gasteiger partial charge in [-0.3, -0.25) is 4.79 Å². The van der Waals surface area contributed by atoms with Gasteiger partial charge in [0.25, 0.3) is 11.9 Å². The summed E-state index contributed by atoms with van der Waals surface area (Å²) in [7, 11) is 0. The number of aromatic nitrogens is 4. The molecule has 1 aliphatic carbocycles. The maximum atomic E-state index is 13.5. The van der Waals surface area contributed by atoms with E-state index in [4.69, 9.17) is 9.47 Å². The second-order valence-electron chi connectivity index (χ2n) is 8.19. The summed E-state index contributed by atoms with van der Waals surface area (Å²) in [5.41, 5.74) is 0.335. The second kappa shape index (κ2) is 9.15. The SMILES string of the molecule is O=C(NCC1COCCO1)c1cnn(-c2nccc(-c3ccccc3C(F)(F)F)n2)c1C1CC1. The standard InChI is InChI=1S/C23H22F3N5O3/c24-23(25,26)18-4-2-1-3-16(18)19-7-8-27-22(30-19)31-20(14-5-6-14)17(12-29-31)21(32)28-11-15-13-33-9-10-34-15/h1-4,7-8,12,14-15H,5-6,9-11,13H2,(H,28,32).